The van der Waals surface area contributed by atoms with Crippen molar-refractivity contribution in [2.24, 2.45) is 5.73 Å². The number of amides is 2. The lowest BCUT2D eigenvalue weighted by atomic mass is 9.91. The predicted molar refractivity (Wildman–Crippen MR) is 184 cm³/mol. The van der Waals surface area contributed by atoms with Crippen molar-refractivity contribution in [3.05, 3.63) is 83.3 Å². The van der Waals surface area contributed by atoms with Gasteiger partial charge in [0.15, 0.2) is 0 Å². The van der Waals surface area contributed by atoms with Crippen molar-refractivity contribution in [2.75, 3.05) is 25.0 Å². The first-order chi connectivity index (χ1) is 22.7. The summed E-state index contributed by atoms with van der Waals surface area (Å²) in [5, 5.41) is 17.5. The molecule has 0 radical (unpaired) electrons. The number of hydrogen-bond donors (Lipinski definition) is 4. The Hall–Kier alpha value is -4.61. The van der Waals surface area contributed by atoms with Gasteiger partial charge in [-0.1, -0.05) is 38.1 Å². The Labute approximate surface area is 276 Å². The van der Waals surface area contributed by atoms with Crippen LogP contribution in [-0.2, 0) is 27.3 Å². The van der Waals surface area contributed by atoms with Crippen LogP contribution in [0.5, 0.6) is 0 Å². The minimum atomic E-state index is -0.833. The average molecular weight is 642 g/mol. The number of aliphatic carboxylic acids is 1. The lowest BCUT2D eigenvalue weighted by molar-refractivity contribution is -0.135. The topological polar surface area (TPSA) is 155 Å². The molecule has 2 aliphatic heterocycles. The molecule has 5 N–H and O–H groups in total. The highest BCUT2D eigenvalue weighted by Gasteiger charge is 2.28. The molecule has 250 valence electrons. The number of piperidine rings is 1. The Morgan fingerprint density at radius 2 is 1.81 bits per heavy atom. The second-order valence-corrected chi connectivity index (χ2v) is 11.8. The number of benzene rings is 2. The lowest BCUT2D eigenvalue weighted by Crippen LogP contribution is -2.47. The van der Waals surface area contributed by atoms with Crippen LogP contribution >= 0.6 is 0 Å². The number of carboxylic acid groups (broad SMARTS) is 1. The van der Waals surface area contributed by atoms with E-state index in [1.807, 2.05) is 30.5 Å². The number of carboxylic acids is 1. The summed E-state index contributed by atoms with van der Waals surface area (Å²) in [5.74, 6) is -0.718. The average Bonchev–Trinajstić information content (AvgIpc) is 3.46. The Balaban J connectivity index is 0.000000776. The lowest BCUT2D eigenvalue weighted by Gasteiger charge is -2.39. The molecular weight excluding hydrogens is 594 g/mol. The van der Waals surface area contributed by atoms with Gasteiger partial charge in [-0.25, -0.2) is 9.50 Å². The number of fused-ring (bicyclic) bond motifs is 1. The minimum absolute atomic E-state index is 0.194. The van der Waals surface area contributed by atoms with Gasteiger partial charge in [0.05, 0.1) is 11.2 Å². The molecule has 47 heavy (non-hydrogen) atoms. The Kier molecular flexibility index (Phi) is 12.6. The molecule has 11 nitrogen and oxygen atoms in total. The van der Waals surface area contributed by atoms with Crippen LogP contribution in [0.2, 0.25) is 0 Å². The van der Waals surface area contributed by atoms with Gasteiger partial charge in [-0.15, -0.1) is 0 Å². The van der Waals surface area contributed by atoms with Crippen molar-refractivity contribution in [1.29, 1.82) is 0 Å². The molecule has 11 heteroatoms. The number of unbranched alkanes of at least 4 members (excludes halogenated alkanes) is 1. The molecule has 1 atom stereocenters. The quantitative estimate of drug-likeness (QED) is 0.140. The van der Waals surface area contributed by atoms with Crippen molar-refractivity contribution in [3.63, 3.8) is 0 Å². The van der Waals surface area contributed by atoms with Crippen LogP contribution in [0.15, 0.2) is 61.1 Å². The number of nitrogens with one attached hydrogen (secondary N) is 2. The van der Waals surface area contributed by atoms with E-state index < -0.39 is 5.97 Å². The molecule has 2 aromatic heterocycles. The SMILES string of the molecule is CC.CC(=O)O.Cc1cc(-c2ncnn3cc(CCCCN4CC(c5ccc(NC6CCC(=O)NC6=O)cc5)C4)cc23)ccc1CN. The first kappa shape index (κ1) is 35.2. The third-order valence-electron chi connectivity index (χ3n) is 8.41. The molecule has 0 spiro atoms. The van der Waals surface area contributed by atoms with Crippen molar-refractivity contribution in [1.82, 2.24) is 24.8 Å². The summed E-state index contributed by atoms with van der Waals surface area (Å²) in [6.07, 6.45) is 7.97. The monoisotopic (exact) mass is 641 g/mol. The van der Waals surface area contributed by atoms with Gasteiger partial charge in [0.1, 0.15) is 12.4 Å². The summed E-state index contributed by atoms with van der Waals surface area (Å²) in [4.78, 5) is 39.5. The molecule has 2 aromatic carbocycles. The number of rotatable bonds is 10. The van der Waals surface area contributed by atoms with Gasteiger partial charge in [0, 0.05) is 56.3 Å². The fourth-order valence-corrected chi connectivity index (χ4v) is 5.93. The van der Waals surface area contributed by atoms with Gasteiger partial charge in [-0.05, 0) is 85.7 Å². The maximum atomic E-state index is 12.0. The Morgan fingerprint density at radius 1 is 1.09 bits per heavy atom. The summed E-state index contributed by atoms with van der Waals surface area (Å²) in [6.45, 7) is 11.0. The van der Waals surface area contributed by atoms with Gasteiger partial charge >= 0.3 is 0 Å². The van der Waals surface area contributed by atoms with Gasteiger partial charge in [0.25, 0.3) is 5.97 Å². The Morgan fingerprint density at radius 3 is 2.47 bits per heavy atom. The van der Waals surface area contributed by atoms with E-state index in [1.165, 1.54) is 16.7 Å². The predicted octanol–water partition coefficient (Wildman–Crippen LogP) is 4.92. The zero-order valence-corrected chi connectivity index (χ0v) is 27.8. The van der Waals surface area contributed by atoms with E-state index in [0.29, 0.717) is 25.3 Å². The molecule has 0 bridgehead atoms. The molecule has 4 heterocycles. The molecule has 4 aromatic rings. The summed E-state index contributed by atoms with van der Waals surface area (Å²) >= 11 is 0. The van der Waals surface area contributed by atoms with E-state index >= 15 is 0 Å². The van der Waals surface area contributed by atoms with Crippen molar-refractivity contribution in [2.45, 2.75) is 78.3 Å². The molecule has 2 fully saturated rings. The number of imide groups is 1. The number of likely N-dealkylation sites (tertiary alicyclic amines) is 1. The number of aromatic nitrogens is 3. The number of aryl methyl sites for hydroxylation is 2. The van der Waals surface area contributed by atoms with Crippen LogP contribution in [0.25, 0.3) is 16.8 Å². The summed E-state index contributed by atoms with van der Waals surface area (Å²) in [7, 11) is 0. The van der Waals surface area contributed by atoms with Crippen LogP contribution in [0, 0.1) is 6.92 Å². The van der Waals surface area contributed by atoms with E-state index in [-0.39, 0.29) is 17.9 Å². The standard InChI is InChI=1S/C32H37N7O2.C2H4O2.C2H6/c1-21-14-24(5-6-25(21)16-33)31-29-15-22(17-39(29)35-20-34-31)4-2-3-13-38-18-26(19-38)23-7-9-27(10-8-23)36-28-11-12-30(40)37-32(28)41;1-2(3)4;1-2/h5-10,14-15,17,20,26,28,36H,2-4,11-13,16,18-19,33H2,1H3,(H,37,40,41);1H3,(H,3,4);1-2H3. The maximum Gasteiger partial charge on any atom is 0.300 e. The molecule has 1 unspecified atom stereocenters. The van der Waals surface area contributed by atoms with Crippen LogP contribution in [0.1, 0.15) is 74.6 Å². The normalized spacial score (nSPS) is 16.3. The van der Waals surface area contributed by atoms with E-state index in [2.05, 4.69) is 75.1 Å². The highest BCUT2D eigenvalue weighted by molar-refractivity contribution is 6.01. The highest BCUT2D eigenvalue weighted by Crippen LogP contribution is 2.29. The fraction of sp³-hybridized carbons (Fsp3) is 0.417. The number of carbonyl (C=O) groups is 3. The molecule has 0 saturated carbocycles. The zero-order valence-electron chi connectivity index (χ0n) is 27.8. The van der Waals surface area contributed by atoms with Crippen molar-refractivity contribution >= 4 is 29.0 Å². The summed E-state index contributed by atoms with van der Waals surface area (Å²) < 4.78 is 1.94. The largest absolute Gasteiger partial charge is 0.481 e. The Bertz CT molecular complexity index is 1660. The third kappa shape index (κ3) is 9.46. The first-order valence-corrected chi connectivity index (χ1v) is 16.4. The van der Waals surface area contributed by atoms with Gasteiger partial charge in [0.2, 0.25) is 11.8 Å². The minimum Gasteiger partial charge on any atom is -0.481 e. The van der Waals surface area contributed by atoms with Crippen LogP contribution < -0.4 is 16.4 Å². The molecular formula is C36H47N7O4. The van der Waals surface area contributed by atoms with E-state index in [9.17, 15) is 9.59 Å². The van der Waals surface area contributed by atoms with E-state index in [0.717, 1.165) is 73.8 Å². The molecule has 2 amide bonds. The van der Waals surface area contributed by atoms with Gasteiger partial charge in [-0.2, -0.15) is 5.10 Å². The first-order valence-electron chi connectivity index (χ1n) is 16.4. The third-order valence-corrected chi connectivity index (χ3v) is 8.41. The van der Waals surface area contributed by atoms with Gasteiger partial charge in [-0.3, -0.25) is 19.7 Å². The van der Waals surface area contributed by atoms with Gasteiger partial charge < -0.3 is 21.1 Å². The molecule has 2 aliphatic rings. The highest BCUT2D eigenvalue weighted by atomic mass is 16.4. The smallest absolute Gasteiger partial charge is 0.300 e. The molecule has 2 saturated heterocycles. The van der Waals surface area contributed by atoms with Crippen molar-refractivity contribution in [3.8, 4) is 11.3 Å². The van der Waals surface area contributed by atoms with Crippen LogP contribution in [-0.4, -0.2) is 68.1 Å². The van der Waals surface area contributed by atoms with E-state index in [1.54, 1.807) is 6.33 Å². The number of nitrogens with two attached hydrogens (primary N) is 1. The summed E-state index contributed by atoms with van der Waals surface area (Å²) in [6, 6.07) is 16.6. The van der Waals surface area contributed by atoms with Crippen molar-refractivity contribution < 1.29 is 19.5 Å². The zero-order chi connectivity index (χ0) is 33.9. The number of anilines is 1. The fourth-order valence-electron chi connectivity index (χ4n) is 5.93. The second-order valence-electron chi connectivity index (χ2n) is 11.8. The summed E-state index contributed by atoms with van der Waals surface area (Å²) in [5.41, 5.74) is 14.8. The molecule has 0 aliphatic carbocycles. The van der Waals surface area contributed by atoms with Crippen LogP contribution in [0.4, 0.5) is 5.69 Å². The number of nitrogens with zero attached hydrogens (tertiary/aromatic N) is 4. The van der Waals surface area contributed by atoms with E-state index in [4.69, 9.17) is 15.6 Å². The van der Waals surface area contributed by atoms with Crippen LogP contribution in [0.3, 0.4) is 0 Å². The number of hydrogen-bond acceptors (Lipinski definition) is 8. The maximum absolute atomic E-state index is 12.0. The molecule has 6 rings (SSSR count). The number of carbonyl (C=O) groups excluding carboxylic acids is 2. The second kappa shape index (κ2) is 16.8.